The van der Waals surface area contributed by atoms with Crippen molar-refractivity contribution in [1.82, 2.24) is 15.1 Å². The van der Waals surface area contributed by atoms with Crippen LogP contribution in [0.25, 0.3) is 0 Å². The molecule has 0 radical (unpaired) electrons. The Balaban J connectivity index is 1.70. The number of rotatable bonds is 3. The van der Waals surface area contributed by atoms with Gasteiger partial charge in [-0.3, -0.25) is 4.68 Å². The van der Waals surface area contributed by atoms with Gasteiger partial charge in [0.05, 0.1) is 5.69 Å². The molecule has 3 rings (SSSR count). The molecule has 2 aromatic heterocycles. The van der Waals surface area contributed by atoms with E-state index >= 15 is 0 Å². The van der Waals surface area contributed by atoms with Gasteiger partial charge in [0.15, 0.2) is 0 Å². The summed E-state index contributed by atoms with van der Waals surface area (Å²) in [4.78, 5) is 1.57. The first-order valence-electron chi connectivity index (χ1n) is 6.53. The third kappa shape index (κ3) is 2.22. The topological polar surface area (TPSA) is 29.9 Å². The highest BCUT2D eigenvalue weighted by Gasteiger charge is 2.20. The fourth-order valence-corrected chi connectivity index (χ4v) is 3.74. The molecular weight excluding hydrogens is 242 g/mol. The van der Waals surface area contributed by atoms with Crippen molar-refractivity contribution in [2.75, 3.05) is 0 Å². The van der Waals surface area contributed by atoms with E-state index in [2.05, 4.69) is 35.0 Å². The SMILES string of the molecule is Cc1nn(C)cc1CNC1CCCc2sccc21. The average molecular weight is 261 g/mol. The highest BCUT2D eigenvalue weighted by molar-refractivity contribution is 7.10. The van der Waals surface area contributed by atoms with E-state index in [0.29, 0.717) is 6.04 Å². The van der Waals surface area contributed by atoms with Crippen molar-refractivity contribution in [1.29, 1.82) is 0 Å². The number of nitrogens with one attached hydrogen (secondary N) is 1. The molecule has 1 aliphatic rings. The van der Waals surface area contributed by atoms with E-state index in [1.54, 1.807) is 4.88 Å². The van der Waals surface area contributed by atoms with Crippen LogP contribution in [0.2, 0.25) is 0 Å². The highest BCUT2D eigenvalue weighted by atomic mass is 32.1. The number of hydrogen-bond donors (Lipinski definition) is 1. The second-order valence-electron chi connectivity index (χ2n) is 5.04. The maximum absolute atomic E-state index is 4.39. The van der Waals surface area contributed by atoms with E-state index in [-0.39, 0.29) is 0 Å². The minimum absolute atomic E-state index is 0.527. The van der Waals surface area contributed by atoms with Crippen LogP contribution in [0, 0.1) is 6.92 Å². The van der Waals surface area contributed by atoms with Crippen molar-refractivity contribution in [2.45, 2.75) is 38.8 Å². The molecule has 0 spiro atoms. The molecule has 0 aromatic carbocycles. The van der Waals surface area contributed by atoms with E-state index in [4.69, 9.17) is 0 Å². The van der Waals surface area contributed by atoms with E-state index in [9.17, 15) is 0 Å². The number of hydrogen-bond acceptors (Lipinski definition) is 3. The molecule has 2 heterocycles. The summed E-state index contributed by atoms with van der Waals surface area (Å²) in [6, 6.07) is 2.81. The third-order valence-corrected chi connectivity index (χ3v) is 4.70. The Kier molecular flexibility index (Phi) is 3.22. The molecule has 0 saturated carbocycles. The van der Waals surface area contributed by atoms with Crippen LogP contribution < -0.4 is 5.32 Å². The number of nitrogens with zero attached hydrogens (tertiary/aromatic N) is 2. The third-order valence-electron chi connectivity index (χ3n) is 3.71. The molecule has 1 aliphatic carbocycles. The number of fused-ring (bicyclic) bond motifs is 1. The molecule has 1 atom stereocenters. The second-order valence-corrected chi connectivity index (χ2v) is 6.04. The predicted molar refractivity (Wildman–Crippen MR) is 74.8 cm³/mol. The van der Waals surface area contributed by atoms with Gasteiger partial charge in [0, 0.05) is 36.3 Å². The van der Waals surface area contributed by atoms with Crippen LogP contribution in [0.1, 0.15) is 40.6 Å². The van der Waals surface area contributed by atoms with Crippen molar-refractivity contribution >= 4 is 11.3 Å². The lowest BCUT2D eigenvalue weighted by atomic mass is 9.94. The zero-order valence-electron chi connectivity index (χ0n) is 10.9. The van der Waals surface area contributed by atoms with Crippen LogP contribution in [0.4, 0.5) is 0 Å². The molecule has 4 heteroatoms. The fraction of sp³-hybridized carbons (Fsp3) is 0.500. The largest absolute Gasteiger partial charge is 0.306 e. The van der Waals surface area contributed by atoms with Crippen molar-refractivity contribution < 1.29 is 0 Å². The van der Waals surface area contributed by atoms with E-state index in [0.717, 1.165) is 12.2 Å². The van der Waals surface area contributed by atoms with E-state index in [1.165, 1.54) is 30.4 Å². The molecule has 3 nitrogen and oxygen atoms in total. The normalized spacial score (nSPS) is 18.9. The molecule has 0 amide bonds. The zero-order valence-corrected chi connectivity index (χ0v) is 11.8. The van der Waals surface area contributed by atoms with Crippen LogP contribution >= 0.6 is 11.3 Å². The fourth-order valence-electron chi connectivity index (χ4n) is 2.75. The summed E-state index contributed by atoms with van der Waals surface area (Å²) >= 11 is 1.90. The van der Waals surface area contributed by atoms with Gasteiger partial charge in [0.1, 0.15) is 0 Å². The lowest BCUT2D eigenvalue weighted by Crippen LogP contribution is -2.24. The molecule has 18 heavy (non-hydrogen) atoms. The first kappa shape index (κ1) is 11.9. The van der Waals surface area contributed by atoms with Gasteiger partial charge >= 0.3 is 0 Å². The standard InChI is InChI=1S/C14H19N3S/c1-10-11(9-17(2)16-10)8-15-13-4-3-5-14-12(13)6-7-18-14/h6-7,9,13,15H,3-5,8H2,1-2H3. The maximum Gasteiger partial charge on any atom is 0.0638 e. The first-order valence-corrected chi connectivity index (χ1v) is 7.41. The number of thiophene rings is 1. The van der Waals surface area contributed by atoms with Crippen LogP contribution in [-0.2, 0) is 20.0 Å². The average Bonchev–Trinajstić information content (AvgIpc) is 2.93. The van der Waals surface area contributed by atoms with Gasteiger partial charge in [-0.05, 0) is 43.2 Å². The minimum atomic E-state index is 0.527. The molecule has 96 valence electrons. The Morgan fingerprint density at radius 2 is 2.44 bits per heavy atom. The summed E-state index contributed by atoms with van der Waals surface area (Å²) < 4.78 is 1.89. The van der Waals surface area contributed by atoms with Crippen LogP contribution in [0.15, 0.2) is 17.6 Å². The van der Waals surface area contributed by atoms with E-state index < -0.39 is 0 Å². The van der Waals surface area contributed by atoms with Crippen LogP contribution in [-0.4, -0.2) is 9.78 Å². The van der Waals surface area contributed by atoms with Gasteiger partial charge in [0.25, 0.3) is 0 Å². The first-order chi connectivity index (χ1) is 8.74. The lowest BCUT2D eigenvalue weighted by molar-refractivity contribution is 0.462. The summed E-state index contributed by atoms with van der Waals surface area (Å²) in [5.41, 5.74) is 3.96. The monoisotopic (exact) mass is 261 g/mol. The second kappa shape index (κ2) is 4.86. The Morgan fingerprint density at radius 3 is 3.22 bits per heavy atom. The molecule has 0 saturated heterocycles. The summed E-state index contributed by atoms with van der Waals surface area (Å²) in [5, 5.41) is 10.3. The summed E-state index contributed by atoms with van der Waals surface area (Å²) in [6.45, 7) is 2.99. The predicted octanol–water partition coefficient (Wildman–Crippen LogP) is 2.96. The van der Waals surface area contributed by atoms with Gasteiger partial charge in [-0.15, -0.1) is 11.3 Å². The quantitative estimate of drug-likeness (QED) is 0.920. The minimum Gasteiger partial charge on any atom is -0.306 e. The summed E-state index contributed by atoms with van der Waals surface area (Å²) in [5.74, 6) is 0. The van der Waals surface area contributed by atoms with E-state index in [1.807, 2.05) is 23.1 Å². The van der Waals surface area contributed by atoms with Crippen molar-refractivity contribution in [2.24, 2.45) is 7.05 Å². The lowest BCUT2D eigenvalue weighted by Gasteiger charge is -2.23. The van der Waals surface area contributed by atoms with Gasteiger partial charge in [-0.25, -0.2) is 0 Å². The number of aryl methyl sites for hydroxylation is 3. The smallest absolute Gasteiger partial charge is 0.0638 e. The Morgan fingerprint density at radius 1 is 1.56 bits per heavy atom. The molecule has 0 bridgehead atoms. The van der Waals surface area contributed by atoms with Crippen molar-refractivity contribution in [3.63, 3.8) is 0 Å². The van der Waals surface area contributed by atoms with Crippen molar-refractivity contribution in [3.05, 3.63) is 39.3 Å². The van der Waals surface area contributed by atoms with Crippen LogP contribution in [0.3, 0.4) is 0 Å². The summed E-state index contributed by atoms with van der Waals surface area (Å²) in [7, 11) is 1.98. The van der Waals surface area contributed by atoms with Gasteiger partial charge < -0.3 is 5.32 Å². The molecule has 2 aromatic rings. The Bertz CT molecular complexity index is 541. The number of aromatic nitrogens is 2. The Labute approximate surface area is 112 Å². The molecule has 0 fully saturated rings. The van der Waals surface area contributed by atoms with Gasteiger partial charge in [-0.1, -0.05) is 0 Å². The maximum atomic E-state index is 4.39. The molecule has 1 unspecified atom stereocenters. The Hall–Kier alpha value is -1.13. The zero-order chi connectivity index (χ0) is 12.5. The highest BCUT2D eigenvalue weighted by Crippen LogP contribution is 2.33. The molecular formula is C14H19N3S. The van der Waals surface area contributed by atoms with Gasteiger partial charge in [-0.2, -0.15) is 5.10 Å². The van der Waals surface area contributed by atoms with Gasteiger partial charge in [0.2, 0.25) is 0 Å². The molecule has 0 aliphatic heterocycles. The van der Waals surface area contributed by atoms with Crippen LogP contribution in [0.5, 0.6) is 0 Å². The molecule has 1 N–H and O–H groups in total. The summed E-state index contributed by atoms with van der Waals surface area (Å²) in [6.07, 6.45) is 5.93. The van der Waals surface area contributed by atoms with Crippen molar-refractivity contribution in [3.8, 4) is 0 Å².